The summed E-state index contributed by atoms with van der Waals surface area (Å²) < 4.78 is 19.5. The number of nitrogens with zero attached hydrogens (tertiary/aromatic N) is 2. The van der Waals surface area contributed by atoms with Crippen LogP contribution in [0.5, 0.6) is 5.75 Å². The number of nitrogens with one attached hydrogen (secondary N) is 2. The van der Waals surface area contributed by atoms with Gasteiger partial charge in [0.25, 0.3) is 0 Å². The van der Waals surface area contributed by atoms with Crippen molar-refractivity contribution in [2.24, 2.45) is 0 Å². The molecule has 7 heteroatoms. The van der Waals surface area contributed by atoms with Gasteiger partial charge < -0.3 is 15.0 Å². The van der Waals surface area contributed by atoms with Crippen molar-refractivity contribution in [1.82, 2.24) is 20.4 Å². The molecule has 0 radical (unpaired) electrons. The summed E-state index contributed by atoms with van der Waals surface area (Å²) in [4.78, 5) is 14.6. The lowest BCUT2D eigenvalue weighted by atomic mass is 9.98. The van der Waals surface area contributed by atoms with Gasteiger partial charge in [-0.25, -0.2) is 9.18 Å². The molecule has 1 aliphatic rings. The number of hydrogen-bond acceptors (Lipinski definition) is 3. The maximum atomic E-state index is 14.2. The molecule has 1 saturated heterocycles. The minimum absolute atomic E-state index is 0.0118. The van der Waals surface area contributed by atoms with Gasteiger partial charge in [0.1, 0.15) is 11.6 Å². The standard InChI is InChI=1S/C18H23FN4O2/c1-12(17-14(19)6-5-8-16(17)25-2)22-18(24)23-9-4-3-7-15(23)13-10-20-21-11-13/h5-6,8,10-12,15H,3-4,7,9H2,1-2H3,(H,20,21)(H,22,24)/t12-,15-/m1/s1. The van der Waals surface area contributed by atoms with Gasteiger partial charge in [0.05, 0.1) is 31.0 Å². The van der Waals surface area contributed by atoms with E-state index in [0.717, 1.165) is 24.8 Å². The van der Waals surface area contributed by atoms with Crippen LogP contribution < -0.4 is 10.1 Å². The van der Waals surface area contributed by atoms with Crippen molar-refractivity contribution in [3.05, 3.63) is 47.5 Å². The molecule has 2 heterocycles. The second-order valence-corrected chi connectivity index (χ2v) is 6.26. The highest BCUT2D eigenvalue weighted by molar-refractivity contribution is 5.75. The van der Waals surface area contributed by atoms with Gasteiger partial charge in [-0.05, 0) is 38.3 Å². The van der Waals surface area contributed by atoms with Crippen LogP contribution >= 0.6 is 0 Å². The Morgan fingerprint density at radius 1 is 1.48 bits per heavy atom. The zero-order valence-electron chi connectivity index (χ0n) is 14.5. The van der Waals surface area contributed by atoms with E-state index in [2.05, 4.69) is 15.5 Å². The van der Waals surface area contributed by atoms with Crippen molar-refractivity contribution in [3.63, 3.8) is 0 Å². The van der Waals surface area contributed by atoms with Gasteiger partial charge in [0.2, 0.25) is 0 Å². The molecule has 0 bridgehead atoms. The Labute approximate surface area is 146 Å². The van der Waals surface area contributed by atoms with E-state index in [1.165, 1.54) is 13.2 Å². The summed E-state index contributed by atoms with van der Waals surface area (Å²) >= 11 is 0. The van der Waals surface area contributed by atoms with Crippen LogP contribution in [0.15, 0.2) is 30.6 Å². The zero-order valence-corrected chi connectivity index (χ0v) is 14.5. The van der Waals surface area contributed by atoms with Crippen molar-refractivity contribution in [2.45, 2.75) is 38.3 Å². The van der Waals surface area contributed by atoms with Gasteiger partial charge in [0, 0.05) is 18.3 Å². The average Bonchev–Trinajstić information content (AvgIpc) is 3.15. The summed E-state index contributed by atoms with van der Waals surface area (Å²) in [5.41, 5.74) is 1.35. The highest BCUT2D eigenvalue weighted by atomic mass is 19.1. The molecule has 3 rings (SSSR count). The third-order valence-electron chi connectivity index (χ3n) is 4.67. The number of aromatic nitrogens is 2. The molecule has 1 aliphatic heterocycles. The van der Waals surface area contributed by atoms with Crippen LogP contribution in [-0.4, -0.2) is 34.8 Å². The summed E-state index contributed by atoms with van der Waals surface area (Å²) in [6.45, 7) is 2.43. The number of methoxy groups -OCH3 is 1. The van der Waals surface area contributed by atoms with Crippen LogP contribution in [0.2, 0.25) is 0 Å². The van der Waals surface area contributed by atoms with Crippen molar-refractivity contribution < 1.29 is 13.9 Å². The van der Waals surface area contributed by atoms with Crippen LogP contribution in [-0.2, 0) is 0 Å². The smallest absolute Gasteiger partial charge is 0.318 e. The van der Waals surface area contributed by atoms with E-state index in [0.29, 0.717) is 17.9 Å². The molecular formula is C18H23FN4O2. The SMILES string of the molecule is COc1cccc(F)c1[C@@H](C)NC(=O)N1CCCC[C@@H]1c1cn[nH]c1. The van der Waals surface area contributed by atoms with Gasteiger partial charge in [-0.15, -0.1) is 0 Å². The maximum Gasteiger partial charge on any atom is 0.318 e. The first kappa shape index (κ1) is 17.3. The number of H-pyrrole nitrogens is 1. The first-order chi connectivity index (χ1) is 12.1. The van der Waals surface area contributed by atoms with Gasteiger partial charge in [-0.1, -0.05) is 6.07 Å². The predicted molar refractivity (Wildman–Crippen MR) is 91.8 cm³/mol. The Kier molecular flexibility index (Phi) is 5.21. The second-order valence-electron chi connectivity index (χ2n) is 6.26. The van der Waals surface area contributed by atoms with Crippen molar-refractivity contribution in [1.29, 1.82) is 0 Å². The highest BCUT2D eigenvalue weighted by Gasteiger charge is 2.30. The fourth-order valence-corrected chi connectivity index (χ4v) is 3.42. The van der Waals surface area contributed by atoms with E-state index >= 15 is 0 Å². The number of rotatable bonds is 4. The summed E-state index contributed by atoms with van der Waals surface area (Å²) in [7, 11) is 1.49. The summed E-state index contributed by atoms with van der Waals surface area (Å²) in [5.74, 6) is 0.0370. The number of amides is 2. The lowest BCUT2D eigenvalue weighted by molar-refractivity contribution is 0.148. The molecule has 0 unspecified atom stereocenters. The lowest BCUT2D eigenvalue weighted by Crippen LogP contribution is -2.45. The quantitative estimate of drug-likeness (QED) is 0.889. The molecule has 134 valence electrons. The van der Waals surface area contributed by atoms with E-state index in [9.17, 15) is 9.18 Å². The number of ether oxygens (including phenoxy) is 1. The van der Waals surface area contributed by atoms with Crippen molar-refractivity contribution >= 4 is 6.03 Å². The Bertz CT molecular complexity index is 720. The number of urea groups is 1. The molecule has 0 saturated carbocycles. The molecule has 0 spiro atoms. The molecule has 25 heavy (non-hydrogen) atoms. The summed E-state index contributed by atoms with van der Waals surface area (Å²) in [6, 6.07) is 3.93. The minimum atomic E-state index is -0.504. The summed E-state index contributed by atoms with van der Waals surface area (Å²) in [5, 5.41) is 9.70. The number of aromatic amines is 1. The minimum Gasteiger partial charge on any atom is -0.496 e. The Morgan fingerprint density at radius 2 is 2.32 bits per heavy atom. The Balaban J connectivity index is 1.77. The number of carbonyl (C=O) groups is 1. The number of likely N-dealkylation sites (tertiary alicyclic amines) is 1. The van der Waals surface area contributed by atoms with Crippen LogP contribution in [0, 0.1) is 5.82 Å². The van der Waals surface area contributed by atoms with Crippen molar-refractivity contribution in [3.8, 4) is 5.75 Å². The fourth-order valence-electron chi connectivity index (χ4n) is 3.42. The Morgan fingerprint density at radius 3 is 3.04 bits per heavy atom. The molecule has 2 aromatic rings. The van der Waals surface area contributed by atoms with Crippen LogP contribution in [0.3, 0.4) is 0 Å². The largest absolute Gasteiger partial charge is 0.496 e. The monoisotopic (exact) mass is 346 g/mol. The predicted octanol–water partition coefficient (Wildman–Crippen LogP) is 3.56. The third kappa shape index (κ3) is 3.60. The molecule has 1 aromatic heterocycles. The normalized spacial score (nSPS) is 18.7. The highest BCUT2D eigenvalue weighted by Crippen LogP contribution is 2.32. The van der Waals surface area contributed by atoms with Gasteiger partial charge >= 0.3 is 6.03 Å². The number of benzene rings is 1. The van der Waals surface area contributed by atoms with Crippen LogP contribution in [0.1, 0.15) is 49.4 Å². The second kappa shape index (κ2) is 7.55. The molecular weight excluding hydrogens is 323 g/mol. The molecule has 2 amide bonds. The number of halogens is 1. The molecule has 1 aromatic carbocycles. The molecule has 2 N–H and O–H groups in total. The van der Waals surface area contributed by atoms with Crippen molar-refractivity contribution in [2.75, 3.05) is 13.7 Å². The molecule has 0 aliphatic carbocycles. The van der Waals surface area contributed by atoms with E-state index < -0.39 is 11.9 Å². The Hall–Kier alpha value is -2.57. The number of carbonyl (C=O) groups excluding carboxylic acids is 1. The van der Waals surface area contributed by atoms with E-state index in [1.807, 2.05) is 6.20 Å². The topological polar surface area (TPSA) is 70.2 Å². The number of piperidine rings is 1. The average molecular weight is 346 g/mol. The maximum absolute atomic E-state index is 14.2. The zero-order chi connectivity index (χ0) is 17.8. The molecule has 6 nitrogen and oxygen atoms in total. The fraction of sp³-hybridized carbons (Fsp3) is 0.444. The van der Waals surface area contributed by atoms with E-state index in [-0.39, 0.29) is 12.1 Å². The van der Waals surface area contributed by atoms with Crippen LogP contribution in [0.4, 0.5) is 9.18 Å². The van der Waals surface area contributed by atoms with Gasteiger partial charge in [-0.2, -0.15) is 5.10 Å². The van der Waals surface area contributed by atoms with Gasteiger partial charge in [0.15, 0.2) is 0 Å². The molecule has 2 atom stereocenters. The summed E-state index contributed by atoms with van der Waals surface area (Å²) in [6.07, 6.45) is 6.49. The molecule has 1 fully saturated rings. The first-order valence-electron chi connectivity index (χ1n) is 8.50. The van der Waals surface area contributed by atoms with Crippen LogP contribution in [0.25, 0.3) is 0 Å². The lowest BCUT2D eigenvalue weighted by Gasteiger charge is -2.36. The first-order valence-corrected chi connectivity index (χ1v) is 8.50. The number of hydrogen-bond donors (Lipinski definition) is 2. The van der Waals surface area contributed by atoms with E-state index in [1.54, 1.807) is 30.2 Å². The van der Waals surface area contributed by atoms with E-state index in [4.69, 9.17) is 4.74 Å². The van der Waals surface area contributed by atoms with Gasteiger partial charge in [-0.3, -0.25) is 5.10 Å². The third-order valence-corrected chi connectivity index (χ3v) is 4.67.